The number of nitrogens with zero attached hydrogens (tertiary/aromatic N) is 5. The van der Waals surface area contributed by atoms with Crippen LogP contribution in [0, 0.1) is 5.41 Å². The summed E-state index contributed by atoms with van der Waals surface area (Å²) in [5, 5.41) is 7.47. The maximum atomic E-state index is 12.6. The Morgan fingerprint density at radius 2 is 2.12 bits per heavy atom. The Kier molecular flexibility index (Phi) is 3.63. The normalized spacial score (nSPS) is 16.3. The minimum atomic E-state index is -0.257. The summed E-state index contributed by atoms with van der Waals surface area (Å²) in [7, 11) is 0. The van der Waals surface area contributed by atoms with Crippen molar-refractivity contribution in [2.24, 2.45) is 5.41 Å². The summed E-state index contributed by atoms with van der Waals surface area (Å²) in [6.45, 7) is 6.44. The smallest absolute Gasteiger partial charge is 0.276 e. The monoisotopic (exact) mass is 336 g/mol. The SMILES string of the molecule is CC1(C)CCN(c2ccc3ncc(C(=O)Nc4cccnc4)n3n2)C1. The molecule has 1 aliphatic heterocycles. The quantitative estimate of drug-likeness (QED) is 0.796. The van der Waals surface area contributed by atoms with Gasteiger partial charge >= 0.3 is 0 Å². The lowest BCUT2D eigenvalue weighted by molar-refractivity contribution is 0.102. The van der Waals surface area contributed by atoms with E-state index in [0.29, 0.717) is 17.0 Å². The Balaban J connectivity index is 1.64. The third-order valence-corrected chi connectivity index (χ3v) is 4.50. The number of rotatable bonds is 3. The van der Waals surface area contributed by atoms with Gasteiger partial charge in [-0.2, -0.15) is 0 Å². The average molecular weight is 336 g/mol. The van der Waals surface area contributed by atoms with Crippen LogP contribution in [-0.2, 0) is 0 Å². The molecule has 25 heavy (non-hydrogen) atoms. The molecule has 0 aromatic carbocycles. The van der Waals surface area contributed by atoms with Crippen LogP contribution in [0.25, 0.3) is 5.65 Å². The number of carbonyl (C=O) groups excluding carboxylic acids is 1. The number of imidazole rings is 1. The summed E-state index contributed by atoms with van der Waals surface area (Å²) in [4.78, 5) is 23.1. The van der Waals surface area contributed by atoms with Gasteiger partial charge in [0, 0.05) is 19.3 Å². The molecule has 0 radical (unpaired) electrons. The van der Waals surface area contributed by atoms with Gasteiger partial charge in [-0.05, 0) is 36.1 Å². The molecule has 0 spiro atoms. The molecule has 1 fully saturated rings. The van der Waals surface area contributed by atoms with Crippen molar-refractivity contribution in [3.63, 3.8) is 0 Å². The summed E-state index contributed by atoms with van der Waals surface area (Å²) in [5.74, 6) is 0.610. The highest BCUT2D eigenvalue weighted by molar-refractivity contribution is 6.03. The van der Waals surface area contributed by atoms with Gasteiger partial charge in [0.1, 0.15) is 5.82 Å². The van der Waals surface area contributed by atoms with Gasteiger partial charge in [0.25, 0.3) is 5.91 Å². The Morgan fingerprint density at radius 1 is 1.24 bits per heavy atom. The number of nitrogens with one attached hydrogen (secondary N) is 1. The molecular weight excluding hydrogens is 316 g/mol. The summed E-state index contributed by atoms with van der Waals surface area (Å²) in [6.07, 6.45) is 5.94. The lowest BCUT2D eigenvalue weighted by Crippen LogP contribution is -2.24. The molecule has 4 rings (SSSR count). The molecular formula is C18H20N6O. The number of anilines is 2. The topological polar surface area (TPSA) is 75.4 Å². The average Bonchev–Trinajstić information content (AvgIpc) is 3.18. The highest BCUT2D eigenvalue weighted by atomic mass is 16.2. The van der Waals surface area contributed by atoms with Gasteiger partial charge in [-0.25, -0.2) is 9.50 Å². The zero-order chi connectivity index (χ0) is 17.4. The maximum Gasteiger partial charge on any atom is 0.276 e. The lowest BCUT2D eigenvalue weighted by Gasteiger charge is -2.20. The zero-order valence-electron chi connectivity index (χ0n) is 14.3. The number of amides is 1. The Labute approximate surface area is 145 Å². The van der Waals surface area contributed by atoms with Crippen molar-refractivity contribution in [3.8, 4) is 0 Å². The summed E-state index contributed by atoms with van der Waals surface area (Å²) >= 11 is 0. The third-order valence-electron chi connectivity index (χ3n) is 4.50. The number of pyridine rings is 1. The van der Waals surface area contributed by atoms with Crippen molar-refractivity contribution < 1.29 is 4.79 Å². The van der Waals surface area contributed by atoms with Crippen LogP contribution >= 0.6 is 0 Å². The Bertz CT molecular complexity index is 918. The van der Waals surface area contributed by atoms with Gasteiger partial charge in [0.2, 0.25) is 0 Å². The van der Waals surface area contributed by atoms with E-state index in [1.165, 1.54) is 0 Å². The Hall–Kier alpha value is -2.96. The largest absolute Gasteiger partial charge is 0.355 e. The van der Waals surface area contributed by atoms with E-state index < -0.39 is 0 Å². The first kappa shape index (κ1) is 15.6. The number of carbonyl (C=O) groups is 1. The van der Waals surface area contributed by atoms with Gasteiger partial charge in [-0.3, -0.25) is 9.78 Å². The fourth-order valence-electron chi connectivity index (χ4n) is 3.13. The first-order valence-electron chi connectivity index (χ1n) is 8.33. The van der Waals surface area contributed by atoms with Crippen LogP contribution in [0.3, 0.4) is 0 Å². The first-order valence-corrected chi connectivity index (χ1v) is 8.33. The summed E-state index contributed by atoms with van der Waals surface area (Å²) in [5.41, 5.74) is 1.98. The minimum absolute atomic E-state index is 0.257. The summed E-state index contributed by atoms with van der Waals surface area (Å²) < 4.78 is 1.60. The molecule has 0 unspecified atom stereocenters. The number of hydrogen-bond acceptors (Lipinski definition) is 5. The van der Waals surface area contributed by atoms with Crippen LogP contribution < -0.4 is 10.2 Å². The molecule has 7 heteroatoms. The van der Waals surface area contributed by atoms with Crippen LogP contribution in [0.2, 0.25) is 0 Å². The van der Waals surface area contributed by atoms with Crippen LogP contribution in [0.4, 0.5) is 11.5 Å². The predicted octanol–water partition coefficient (Wildman–Crippen LogP) is 2.61. The van der Waals surface area contributed by atoms with Gasteiger partial charge in [0.15, 0.2) is 11.3 Å². The molecule has 1 N–H and O–H groups in total. The predicted molar refractivity (Wildman–Crippen MR) is 95.8 cm³/mol. The van der Waals surface area contributed by atoms with E-state index in [-0.39, 0.29) is 11.3 Å². The lowest BCUT2D eigenvalue weighted by atomic mass is 9.93. The van der Waals surface area contributed by atoms with Crippen molar-refractivity contribution in [2.75, 3.05) is 23.3 Å². The maximum absolute atomic E-state index is 12.6. The van der Waals surface area contributed by atoms with E-state index in [1.807, 2.05) is 12.1 Å². The molecule has 3 aromatic heterocycles. The Morgan fingerprint density at radius 3 is 2.84 bits per heavy atom. The standard InChI is InChI=1S/C18H20N6O/c1-18(2)7-9-23(12-18)16-6-5-15-20-11-14(24(15)22-16)17(25)21-13-4-3-8-19-10-13/h3-6,8,10-11H,7,9,12H2,1-2H3,(H,21,25). The van der Waals surface area contributed by atoms with E-state index >= 15 is 0 Å². The molecule has 128 valence electrons. The zero-order valence-corrected chi connectivity index (χ0v) is 14.3. The van der Waals surface area contributed by atoms with Crippen molar-refractivity contribution >= 4 is 23.1 Å². The molecule has 7 nitrogen and oxygen atoms in total. The molecule has 0 atom stereocenters. The molecule has 0 aliphatic carbocycles. The van der Waals surface area contributed by atoms with Crippen molar-refractivity contribution in [1.29, 1.82) is 0 Å². The van der Waals surface area contributed by atoms with Gasteiger partial charge in [-0.15, -0.1) is 5.10 Å². The fraction of sp³-hybridized carbons (Fsp3) is 0.333. The molecule has 0 saturated carbocycles. The second kappa shape index (κ2) is 5.84. The van der Waals surface area contributed by atoms with Gasteiger partial charge in [0.05, 0.1) is 18.1 Å². The van der Waals surface area contributed by atoms with E-state index in [1.54, 1.807) is 35.2 Å². The second-order valence-electron chi connectivity index (χ2n) is 7.14. The molecule has 0 bridgehead atoms. The molecule has 1 amide bonds. The van der Waals surface area contributed by atoms with Gasteiger partial charge in [-0.1, -0.05) is 13.8 Å². The number of hydrogen-bond donors (Lipinski definition) is 1. The highest BCUT2D eigenvalue weighted by Crippen LogP contribution is 2.31. The third kappa shape index (κ3) is 3.05. The van der Waals surface area contributed by atoms with Crippen molar-refractivity contribution in [1.82, 2.24) is 19.6 Å². The minimum Gasteiger partial charge on any atom is -0.355 e. The van der Waals surface area contributed by atoms with Crippen LogP contribution in [0.5, 0.6) is 0 Å². The first-order chi connectivity index (χ1) is 12.0. The number of fused-ring (bicyclic) bond motifs is 1. The fourth-order valence-corrected chi connectivity index (χ4v) is 3.13. The van der Waals surface area contributed by atoms with E-state index in [4.69, 9.17) is 0 Å². The van der Waals surface area contributed by atoms with Crippen LogP contribution in [0.15, 0.2) is 42.9 Å². The highest BCUT2D eigenvalue weighted by Gasteiger charge is 2.30. The summed E-state index contributed by atoms with van der Waals surface area (Å²) in [6, 6.07) is 7.43. The number of aromatic nitrogens is 4. The van der Waals surface area contributed by atoms with Crippen molar-refractivity contribution in [2.45, 2.75) is 20.3 Å². The van der Waals surface area contributed by atoms with E-state index in [9.17, 15) is 4.79 Å². The van der Waals surface area contributed by atoms with E-state index in [0.717, 1.165) is 25.3 Å². The molecule has 4 heterocycles. The molecule has 1 saturated heterocycles. The van der Waals surface area contributed by atoms with Gasteiger partial charge < -0.3 is 10.2 Å². The van der Waals surface area contributed by atoms with Crippen LogP contribution in [-0.4, -0.2) is 38.6 Å². The molecule has 3 aromatic rings. The molecule has 1 aliphatic rings. The van der Waals surface area contributed by atoms with Crippen molar-refractivity contribution in [3.05, 3.63) is 48.5 Å². The van der Waals surface area contributed by atoms with Crippen LogP contribution in [0.1, 0.15) is 30.8 Å². The second-order valence-corrected chi connectivity index (χ2v) is 7.14. The van der Waals surface area contributed by atoms with E-state index in [2.05, 4.69) is 39.1 Å².